The van der Waals surface area contributed by atoms with Crippen molar-refractivity contribution in [1.29, 1.82) is 5.26 Å². The van der Waals surface area contributed by atoms with E-state index in [1.54, 1.807) is 19.1 Å². The number of halogens is 1. The quantitative estimate of drug-likeness (QED) is 0.861. The molecule has 0 bridgehead atoms. The third-order valence-corrected chi connectivity index (χ3v) is 5.22. The number of aliphatic hydroxyl groups is 1. The number of rotatable bonds is 2. The first-order valence-corrected chi connectivity index (χ1v) is 7.50. The van der Waals surface area contributed by atoms with E-state index in [4.69, 9.17) is 11.6 Å². The van der Waals surface area contributed by atoms with E-state index in [0.717, 1.165) is 31.2 Å². The van der Waals surface area contributed by atoms with Crippen molar-refractivity contribution in [2.24, 2.45) is 10.8 Å². The number of hydrogen-bond donors (Lipinski definition) is 1. The maximum atomic E-state index is 11.1. The third kappa shape index (κ3) is 2.57. The molecule has 3 heteroatoms. The fourth-order valence-electron chi connectivity index (χ4n) is 3.13. The first kappa shape index (κ1) is 15.4. The van der Waals surface area contributed by atoms with Gasteiger partial charge in [-0.3, -0.25) is 0 Å². The fourth-order valence-corrected chi connectivity index (χ4v) is 3.32. The van der Waals surface area contributed by atoms with Gasteiger partial charge in [0.15, 0.2) is 0 Å². The van der Waals surface area contributed by atoms with Crippen molar-refractivity contribution in [3.63, 3.8) is 0 Å². The molecule has 0 amide bonds. The van der Waals surface area contributed by atoms with Crippen molar-refractivity contribution in [2.45, 2.75) is 52.1 Å². The molecule has 0 heterocycles. The first-order valence-electron chi connectivity index (χ1n) is 7.12. The van der Waals surface area contributed by atoms with E-state index in [0.29, 0.717) is 5.02 Å². The number of nitrogens with zero attached hydrogens (tertiary/aromatic N) is 1. The van der Waals surface area contributed by atoms with Crippen LogP contribution in [0.4, 0.5) is 0 Å². The molecular weight excluding hydrogens is 270 g/mol. The van der Waals surface area contributed by atoms with Crippen molar-refractivity contribution in [1.82, 2.24) is 0 Å². The average Bonchev–Trinajstić information content (AvgIpc) is 2.39. The lowest BCUT2D eigenvalue weighted by Gasteiger charge is -2.47. The molecule has 2 nitrogen and oxygen atoms in total. The summed E-state index contributed by atoms with van der Waals surface area (Å²) < 4.78 is 0. The molecule has 1 aliphatic rings. The Morgan fingerprint density at radius 2 is 1.85 bits per heavy atom. The van der Waals surface area contributed by atoms with E-state index in [1.165, 1.54) is 0 Å². The highest BCUT2D eigenvalue weighted by Crippen LogP contribution is 2.53. The summed E-state index contributed by atoms with van der Waals surface area (Å²) in [5.41, 5.74) is -0.924. The molecule has 1 fully saturated rings. The minimum atomic E-state index is -1.18. The molecule has 0 radical (unpaired) electrons. The number of hydrogen-bond acceptors (Lipinski definition) is 2. The lowest BCUT2D eigenvalue weighted by molar-refractivity contribution is -0.0773. The van der Waals surface area contributed by atoms with Crippen LogP contribution in [0.2, 0.25) is 5.02 Å². The van der Waals surface area contributed by atoms with Gasteiger partial charge in [0.1, 0.15) is 5.60 Å². The smallest absolute Gasteiger partial charge is 0.105 e. The van der Waals surface area contributed by atoms with Gasteiger partial charge in [-0.25, -0.2) is 0 Å². The zero-order chi connectivity index (χ0) is 15.0. The Labute approximate surface area is 126 Å². The van der Waals surface area contributed by atoms with Crippen LogP contribution in [0.25, 0.3) is 0 Å². The molecule has 0 spiro atoms. The minimum absolute atomic E-state index is 0.255. The molecular formula is C17H22ClNO. The maximum absolute atomic E-state index is 11.1. The number of benzene rings is 1. The summed E-state index contributed by atoms with van der Waals surface area (Å²) in [6.45, 7) is 6.20. The van der Waals surface area contributed by atoms with Gasteiger partial charge in [0.2, 0.25) is 0 Å². The molecule has 0 aromatic heterocycles. The predicted octanol–water partition coefficient (Wildman–Crippen LogP) is 4.66. The molecule has 1 atom stereocenters. The van der Waals surface area contributed by atoms with Gasteiger partial charge in [0.05, 0.1) is 11.5 Å². The zero-order valence-corrected chi connectivity index (χ0v) is 13.2. The summed E-state index contributed by atoms with van der Waals surface area (Å²) in [4.78, 5) is 0. The highest BCUT2D eigenvalue weighted by atomic mass is 35.5. The molecule has 0 saturated heterocycles. The van der Waals surface area contributed by atoms with Gasteiger partial charge in [0.25, 0.3) is 0 Å². The Bertz CT molecular complexity index is 532. The third-order valence-electron chi connectivity index (χ3n) is 4.99. The Balaban J connectivity index is 2.38. The van der Waals surface area contributed by atoms with E-state index in [1.807, 2.05) is 12.1 Å². The molecule has 1 unspecified atom stereocenters. The van der Waals surface area contributed by atoms with E-state index >= 15 is 0 Å². The van der Waals surface area contributed by atoms with Gasteiger partial charge in [-0.1, -0.05) is 37.6 Å². The Kier molecular flexibility index (Phi) is 3.88. The standard InChI is InChI=1S/C17H22ClNO/c1-15(2)7-9-17(12-19,10-8-15)16(3,20)13-5-4-6-14(18)11-13/h4-6,11,20H,7-10H2,1-3H3. The normalized spacial score (nSPS) is 23.6. The topological polar surface area (TPSA) is 44.0 Å². The van der Waals surface area contributed by atoms with Gasteiger partial charge < -0.3 is 5.11 Å². The summed E-state index contributed by atoms with van der Waals surface area (Å²) in [6.07, 6.45) is 3.35. The van der Waals surface area contributed by atoms with Crippen LogP contribution in [0.3, 0.4) is 0 Å². The summed E-state index contributed by atoms with van der Waals surface area (Å²) >= 11 is 6.03. The molecule has 20 heavy (non-hydrogen) atoms. The molecule has 0 aliphatic heterocycles. The van der Waals surface area contributed by atoms with Crippen molar-refractivity contribution in [2.75, 3.05) is 0 Å². The van der Waals surface area contributed by atoms with Crippen LogP contribution >= 0.6 is 11.6 Å². The van der Waals surface area contributed by atoms with Crippen molar-refractivity contribution in [3.8, 4) is 6.07 Å². The molecule has 2 rings (SSSR count). The van der Waals surface area contributed by atoms with E-state index in [-0.39, 0.29) is 5.41 Å². The van der Waals surface area contributed by atoms with Crippen LogP contribution in [0.5, 0.6) is 0 Å². The molecule has 1 saturated carbocycles. The minimum Gasteiger partial charge on any atom is -0.384 e. The maximum Gasteiger partial charge on any atom is 0.105 e. The highest BCUT2D eigenvalue weighted by Gasteiger charge is 2.51. The molecule has 1 aliphatic carbocycles. The largest absolute Gasteiger partial charge is 0.384 e. The lowest BCUT2D eigenvalue weighted by Crippen LogP contribution is -2.46. The predicted molar refractivity (Wildman–Crippen MR) is 81.3 cm³/mol. The van der Waals surface area contributed by atoms with Crippen LogP contribution in [0, 0.1) is 22.2 Å². The number of nitriles is 1. The van der Waals surface area contributed by atoms with Gasteiger partial charge in [0, 0.05) is 5.02 Å². The van der Waals surface area contributed by atoms with Crippen LogP contribution in [-0.4, -0.2) is 5.11 Å². The molecule has 108 valence electrons. The monoisotopic (exact) mass is 291 g/mol. The lowest BCUT2D eigenvalue weighted by atomic mass is 9.58. The van der Waals surface area contributed by atoms with Gasteiger partial charge in [-0.15, -0.1) is 0 Å². The second-order valence-electron chi connectivity index (χ2n) is 6.94. The summed E-state index contributed by atoms with van der Waals surface area (Å²) in [5.74, 6) is 0. The average molecular weight is 292 g/mol. The van der Waals surface area contributed by atoms with Crippen molar-refractivity contribution >= 4 is 11.6 Å². The molecule has 1 N–H and O–H groups in total. The Morgan fingerprint density at radius 1 is 1.25 bits per heavy atom. The molecule has 1 aromatic carbocycles. The van der Waals surface area contributed by atoms with Crippen LogP contribution in [-0.2, 0) is 5.60 Å². The summed E-state index contributed by atoms with van der Waals surface area (Å²) in [6, 6.07) is 9.64. The van der Waals surface area contributed by atoms with Gasteiger partial charge in [-0.05, 0) is 55.7 Å². The summed E-state index contributed by atoms with van der Waals surface area (Å²) in [7, 11) is 0. The highest BCUT2D eigenvalue weighted by molar-refractivity contribution is 6.30. The van der Waals surface area contributed by atoms with Crippen LogP contribution in [0.15, 0.2) is 24.3 Å². The van der Waals surface area contributed by atoms with Gasteiger partial charge in [-0.2, -0.15) is 5.26 Å². The van der Waals surface area contributed by atoms with E-state index < -0.39 is 11.0 Å². The van der Waals surface area contributed by atoms with Gasteiger partial charge >= 0.3 is 0 Å². The van der Waals surface area contributed by atoms with Crippen molar-refractivity contribution < 1.29 is 5.11 Å². The summed E-state index contributed by atoms with van der Waals surface area (Å²) in [5, 5.41) is 21.4. The second-order valence-corrected chi connectivity index (χ2v) is 7.38. The first-order chi connectivity index (χ1) is 9.22. The fraction of sp³-hybridized carbons (Fsp3) is 0.588. The van der Waals surface area contributed by atoms with Crippen LogP contribution < -0.4 is 0 Å². The SMILES string of the molecule is CC1(C)CCC(C#N)(C(C)(O)c2cccc(Cl)c2)CC1. The van der Waals surface area contributed by atoms with Crippen molar-refractivity contribution in [3.05, 3.63) is 34.9 Å². The van der Waals surface area contributed by atoms with E-state index in [2.05, 4.69) is 19.9 Å². The zero-order valence-electron chi connectivity index (χ0n) is 12.4. The molecule has 1 aromatic rings. The Hall–Kier alpha value is -1.04. The Morgan fingerprint density at radius 3 is 2.35 bits per heavy atom. The van der Waals surface area contributed by atoms with Crippen LogP contribution in [0.1, 0.15) is 52.0 Å². The van der Waals surface area contributed by atoms with E-state index in [9.17, 15) is 10.4 Å². The second kappa shape index (κ2) is 5.06.